The summed E-state index contributed by atoms with van der Waals surface area (Å²) in [5.74, 6) is 0. The maximum Gasteiger partial charge on any atom is 0.0950 e. The van der Waals surface area contributed by atoms with Crippen molar-refractivity contribution >= 4 is 46.5 Å². The Labute approximate surface area is 175 Å². The third-order valence-electron chi connectivity index (χ3n) is 4.98. The number of piperidine rings is 1. The Bertz CT molecular complexity index is 928. The molecule has 1 aliphatic rings. The summed E-state index contributed by atoms with van der Waals surface area (Å²) in [7, 11) is 0. The minimum Gasteiger partial charge on any atom is -0.387 e. The summed E-state index contributed by atoms with van der Waals surface area (Å²) < 4.78 is 0. The van der Waals surface area contributed by atoms with Crippen molar-refractivity contribution in [3.05, 3.63) is 64.1 Å². The molecule has 6 heteroatoms. The zero-order valence-electron chi connectivity index (χ0n) is 14.7. The first-order valence-electron chi connectivity index (χ1n) is 8.90. The molecule has 1 aromatic heterocycles. The Balaban J connectivity index is 0.00000210. The molecule has 0 aliphatic carbocycles. The molecule has 3 aromatic rings. The van der Waals surface area contributed by atoms with Crippen LogP contribution in [0.3, 0.4) is 0 Å². The normalized spacial score (nSPS) is 18.1. The number of nitrogens with one attached hydrogen (secondary N) is 1. The fraction of sp³-hybridized carbons (Fsp3) is 0.286. The highest BCUT2D eigenvalue weighted by Crippen LogP contribution is 2.36. The number of benzene rings is 2. The predicted octanol–water partition coefficient (Wildman–Crippen LogP) is 5.81. The molecule has 0 amide bonds. The van der Waals surface area contributed by atoms with E-state index < -0.39 is 6.10 Å². The number of aromatic nitrogens is 1. The van der Waals surface area contributed by atoms with Crippen molar-refractivity contribution in [1.82, 2.24) is 10.3 Å². The number of hydrogen-bond acceptors (Lipinski definition) is 3. The Morgan fingerprint density at radius 1 is 1.07 bits per heavy atom. The lowest BCUT2D eigenvalue weighted by molar-refractivity contribution is 0.115. The largest absolute Gasteiger partial charge is 0.387 e. The monoisotopic (exact) mass is 422 g/mol. The van der Waals surface area contributed by atoms with Crippen molar-refractivity contribution in [2.45, 2.75) is 31.4 Å². The lowest BCUT2D eigenvalue weighted by atomic mass is 9.92. The van der Waals surface area contributed by atoms with Crippen LogP contribution in [-0.4, -0.2) is 22.7 Å². The van der Waals surface area contributed by atoms with Crippen LogP contribution in [0.15, 0.2) is 48.5 Å². The van der Waals surface area contributed by atoms with E-state index in [-0.39, 0.29) is 18.4 Å². The molecule has 1 saturated heterocycles. The van der Waals surface area contributed by atoms with Crippen LogP contribution in [0, 0.1) is 0 Å². The minimum atomic E-state index is -0.641. The van der Waals surface area contributed by atoms with Crippen molar-refractivity contribution < 1.29 is 5.11 Å². The van der Waals surface area contributed by atoms with Gasteiger partial charge in [-0.3, -0.25) is 0 Å². The molecule has 1 aliphatic heterocycles. The maximum absolute atomic E-state index is 11.1. The smallest absolute Gasteiger partial charge is 0.0950 e. The zero-order chi connectivity index (χ0) is 18.1. The summed E-state index contributed by atoms with van der Waals surface area (Å²) in [6.07, 6.45) is 2.57. The summed E-state index contributed by atoms with van der Waals surface area (Å²) >= 11 is 12.7. The van der Waals surface area contributed by atoms with E-state index in [1.54, 1.807) is 6.07 Å². The van der Waals surface area contributed by atoms with E-state index in [0.29, 0.717) is 15.6 Å². The standard InChI is InChI=1S/C21H20Cl2N2O.ClH/c22-14-10-15-16(21(26)18-8-4-5-9-24-18)12-19(13-6-2-1-3-7-13)25-20(15)17(23)11-14;/h1-3,6-7,10-12,18,21,24,26H,4-5,8-9H2;1H. The first-order chi connectivity index (χ1) is 12.6. The molecule has 0 saturated carbocycles. The SMILES string of the molecule is Cl.OC(c1cc(-c2ccccc2)nc2c(Cl)cc(Cl)cc12)C1CCCCN1. The third kappa shape index (κ3) is 4.23. The van der Waals surface area contributed by atoms with Crippen LogP contribution in [0.4, 0.5) is 0 Å². The van der Waals surface area contributed by atoms with Gasteiger partial charge in [0.1, 0.15) is 0 Å². The fourth-order valence-corrected chi connectivity index (χ4v) is 4.18. The summed E-state index contributed by atoms with van der Waals surface area (Å²) in [6, 6.07) is 15.5. The van der Waals surface area contributed by atoms with Gasteiger partial charge in [0.05, 0.1) is 22.3 Å². The van der Waals surface area contributed by atoms with E-state index in [1.807, 2.05) is 42.5 Å². The molecular formula is C21H21Cl3N2O. The van der Waals surface area contributed by atoms with Gasteiger partial charge >= 0.3 is 0 Å². The van der Waals surface area contributed by atoms with Crippen molar-refractivity contribution in [2.75, 3.05) is 6.54 Å². The van der Waals surface area contributed by atoms with Gasteiger partial charge in [-0.15, -0.1) is 12.4 Å². The van der Waals surface area contributed by atoms with Gasteiger partial charge < -0.3 is 10.4 Å². The van der Waals surface area contributed by atoms with Gasteiger partial charge in [-0.2, -0.15) is 0 Å². The summed E-state index contributed by atoms with van der Waals surface area (Å²) in [5, 5.41) is 16.4. The number of aliphatic hydroxyl groups is 1. The predicted molar refractivity (Wildman–Crippen MR) is 115 cm³/mol. The van der Waals surface area contributed by atoms with E-state index in [2.05, 4.69) is 5.32 Å². The molecule has 3 nitrogen and oxygen atoms in total. The molecule has 142 valence electrons. The molecule has 2 N–H and O–H groups in total. The van der Waals surface area contributed by atoms with E-state index >= 15 is 0 Å². The van der Waals surface area contributed by atoms with Crippen LogP contribution in [-0.2, 0) is 0 Å². The Morgan fingerprint density at radius 3 is 2.56 bits per heavy atom. The summed E-state index contributed by atoms with van der Waals surface area (Å²) in [6.45, 7) is 0.928. The highest BCUT2D eigenvalue weighted by molar-refractivity contribution is 6.38. The van der Waals surface area contributed by atoms with Gasteiger partial charge in [0.2, 0.25) is 0 Å². The van der Waals surface area contributed by atoms with Gasteiger partial charge in [0.25, 0.3) is 0 Å². The van der Waals surface area contributed by atoms with Crippen molar-refractivity contribution in [1.29, 1.82) is 0 Å². The number of hydrogen-bond donors (Lipinski definition) is 2. The molecule has 2 unspecified atom stereocenters. The summed E-state index contributed by atoms with van der Waals surface area (Å²) in [5.41, 5.74) is 3.28. The van der Waals surface area contributed by atoms with Crippen LogP contribution in [0.2, 0.25) is 10.0 Å². The van der Waals surface area contributed by atoms with E-state index in [1.165, 1.54) is 0 Å². The Hall–Kier alpha value is -1.36. The molecule has 2 atom stereocenters. The van der Waals surface area contributed by atoms with Gasteiger partial charge in [-0.1, -0.05) is 60.0 Å². The maximum atomic E-state index is 11.1. The highest BCUT2D eigenvalue weighted by Gasteiger charge is 2.25. The van der Waals surface area contributed by atoms with Crippen LogP contribution >= 0.6 is 35.6 Å². The average molecular weight is 424 g/mol. The molecule has 0 spiro atoms. The molecular weight excluding hydrogens is 403 g/mol. The van der Waals surface area contributed by atoms with Gasteiger partial charge in [0.15, 0.2) is 0 Å². The van der Waals surface area contributed by atoms with Gasteiger partial charge in [0, 0.05) is 22.0 Å². The molecule has 0 bridgehead atoms. The van der Waals surface area contributed by atoms with Crippen molar-refractivity contribution in [3.63, 3.8) is 0 Å². The number of nitrogens with zero attached hydrogens (tertiary/aromatic N) is 1. The van der Waals surface area contributed by atoms with Crippen LogP contribution in [0.5, 0.6) is 0 Å². The van der Waals surface area contributed by atoms with Crippen LogP contribution < -0.4 is 5.32 Å². The second kappa shape index (κ2) is 8.76. The molecule has 0 radical (unpaired) electrons. The van der Waals surface area contributed by atoms with Crippen molar-refractivity contribution in [2.24, 2.45) is 0 Å². The Kier molecular flexibility index (Phi) is 6.61. The average Bonchev–Trinajstić information content (AvgIpc) is 2.68. The Morgan fingerprint density at radius 2 is 1.85 bits per heavy atom. The molecule has 27 heavy (non-hydrogen) atoms. The molecule has 1 fully saturated rings. The molecule has 2 aromatic carbocycles. The second-order valence-corrected chi connectivity index (χ2v) is 7.59. The molecule has 2 heterocycles. The quantitative estimate of drug-likeness (QED) is 0.559. The highest BCUT2D eigenvalue weighted by atomic mass is 35.5. The lowest BCUT2D eigenvalue weighted by Crippen LogP contribution is -2.38. The van der Waals surface area contributed by atoms with E-state index in [0.717, 1.165) is 48.0 Å². The second-order valence-electron chi connectivity index (χ2n) is 6.75. The minimum absolute atomic E-state index is 0. The molecule has 4 rings (SSSR count). The van der Waals surface area contributed by atoms with Gasteiger partial charge in [-0.25, -0.2) is 4.98 Å². The topological polar surface area (TPSA) is 45.2 Å². The third-order valence-corrected chi connectivity index (χ3v) is 5.49. The van der Waals surface area contributed by atoms with E-state index in [9.17, 15) is 5.11 Å². The summed E-state index contributed by atoms with van der Waals surface area (Å²) in [4.78, 5) is 4.75. The van der Waals surface area contributed by atoms with E-state index in [4.69, 9.17) is 28.2 Å². The number of aliphatic hydroxyl groups excluding tert-OH is 1. The zero-order valence-corrected chi connectivity index (χ0v) is 17.0. The van der Waals surface area contributed by atoms with Crippen LogP contribution in [0.1, 0.15) is 30.9 Å². The van der Waals surface area contributed by atoms with Crippen molar-refractivity contribution in [3.8, 4) is 11.3 Å². The number of rotatable bonds is 3. The number of pyridine rings is 1. The fourth-order valence-electron chi connectivity index (χ4n) is 3.64. The van der Waals surface area contributed by atoms with Gasteiger partial charge in [-0.05, 0) is 43.1 Å². The van der Waals surface area contributed by atoms with Crippen LogP contribution in [0.25, 0.3) is 22.2 Å². The first-order valence-corrected chi connectivity index (χ1v) is 9.65. The first kappa shape index (κ1) is 20.4. The number of fused-ring (bicyclic) bond motifs is 1. The lowest BCUT2D eigenvalue weighted by Gasteiger charge is -2.29. The number of halogens is 3.